The average molecular weight is 380 g/mol. The first-order chi connectivity index (χ1) is 12.5. The topological polar surface area (TPSA) is 69.7 Å². The Kier molecular flexibility index (Phi) is 6.32. The van der Waals surface area contributed by atoms with Gasteiger partial charge in [-0.15, -0.1) is 0 Å². The summed E-state index contributed by atoms with van der Waals surface area (Å²) in [6, 6.07) is 7.26. The van der Waals surface area contributed by atoms with Crippen molar-refractivity contribution in [1.29, 1.82) is 0 Å². The van der Waals surface area contributed by atoms with Crippen molar-refractivity contribution < 1.29 is 13.2 Å². The van der Waals surface area contributed by atoms with E-state index in [1.807, 2.05) is 17.0 Å². The third-order valence-electron chi connectivity index (χ3n) is 5.33. The Morgan fingerprint density at radius 2 is 1.81 bits per heavy atom. The van der Waals surface area contributed by atoms with Crippen LogP contribution in [0.1, 0.15) is 38.2 Å². The minimum atomic E-state index is -3.38. The third-order valence-corrected chi connectivity index (χ3v) is 7.24. The van der Waals surface area contributed by atoms with Gasteiger partial charge in [0.1, 0.15) is 0 Å². The second-order valence-electron chi connectivity index (χ2n) is 7.25. The van der Waals surface area contributed by atoms with E-state index < -0.39 is 10.0 Å². The van der Waals surface area contributed by atoms with Gasteiger partial charge in [-0.2, -0.15) is 4.31 Å². The number of nitrogens with one attached hydrogen (secondary N) is 1. The number of amides is 1. The maximum Gasteiger partial charge on any atom is 0.243 e. The molecule has 2 heterocycles. The second kappa shape index (κ2) is 8.50. The molecule has 2 saturated heterocycles. The van der Waals surface area contributed by atoms with Crippen molar-refractivity contribution in [3.05, 3.63) is 29.8 Å². The molecule has 144 valence electrons. The molecule has 1 N–H and O–H groups in total. The monoisotopic (exact) mass is 379 g/mol. The summed E-state index contributed by atoms with van der Waals surface area (Å²) in [7, 11) is -3.38. The van der Waals surface area contributed by atoms with Crippen LogP contribution in [0.5, 0.6) is 0 Å². The van der Waals surface area contributed by atoms with Crippen molar-refractivity contribution >= 4 is 15.9 Å². The summed E-state index contributed by atoms with van der Waals surface area (Å²) in [6.45, 7) is 5.73. The Labute approximate surface area is 156 Å². The zero-order valence-corrected chi connectivity index (χ0v) is 16.3. The fraction of sp³-hybridized carbons (Fsp3) is 0.632. The number of carbonyl (C=O) groups is 1. The molecule has 2 aliphatic heterocycles. The molecule has 0 aromatic heterocycles. The molecule has 0 radical (unpaired) electrons. The van der Waals surface area contributed by atoms with Crippen LogP contribution in [0.25, 0.3) is 0 Å². The van der Waals surface area contributed by atoms with Crippen LogP contribution in [0, 0.1) is 0 Å². The number of hydrogen-bond acceptors (Lipinski definition) is 4. The van der Waals surface area contributed by atoms with Crippen LogP contribution in [0.2, 0.25) is 0 Å². The zero-order valence-electron chi connectivity index (χ0n) is 15.5. The van der Waals surface area contributed by atoms with E-state index in [1.54, 1.807) is 16.4 Å². The highest BCUT2D eigenvalue weighted by molar-refractivity contribution is 7.89. The summed E-state index contributed by atoms with van der Waals surface area (Å²) in [4.78, 5) is 14.7. The van der Waals surface area contributed by atoms with Gasteiger partial charge in [-0.05, 0) is 43.9 Å². The number of benzene rings is 1. The fourth-order valence-electron chi connectivity index (χ4n) is 3.69. The van der Waals surface area contributed by atoms with Crippen molar-refractivity contribution in [3.63, 3.8) is 0 Å². The number of nitrogens with zero attached hydrogens (tertiary/aromatic N) is 2. The van der Waals surface area contributed by atoms with Gasteiger partial charge in [0, 0.05) is 45.2 Å². The van der Waals surface area contributed by atoms with Crippen LogP contribution < -0.4 is 5.32 Å². The van der Waals surface area contributed by atoms with Gasteiger partial charge in [0.15, 0.2) is 0 Å². The van der Waals surface area contributed by atoms with E-state index in [0.717, 1.165) is 44.5 Å². The lowest BCUT2D eigenvalue weighted by molar-refractivity contribution is -0.133. The number of sulfonamides is 1. The normalized spacial score (nSPS) is 22.3. The van der Waals surface area contributed by atoms with Crippen molar-refractivity contribution in [2.45, 2.75) is 50.0 Å². The molecule has 2 aliphatic rings. The molecule has 1 amide bonds. The Bertz CT molecular complexity index is 712. The summed E-state index contributed by atoms with van der Waals surface area (Å²) in [5.74, 6) is 0.170. The van der Waals surface area contributed by atoms with Crippen LogP contribution in [0.15, 0.2) is 29.2 Å². The Morgan fingerprint density at radius 1 is 1.12 bits per heavy atom. The van der Waals surface area contributed by atoms with Crippen LogP contribution in [0.4, 0.5) is 0 Å². The van der Waals surface area contributed by atoms with E-state index >= 15 is 0 Å². The molecule has 0 saturated carbocycles. The lowest BCUT2D eigenvalue weighted by atomic mass is 10.1. The fourth-order valence-corrected chi connectivity index (χ4v) is 5.21. The first kappa shape index (κ1) is 19.3. The summed E-state index contributed by atoms with van der Waals surface area (Å²) in [5, 5.41) is 3.29. The Balaban J connectivity index is 1.58. The van der Waals surface area contributed by atoms with Gasteiger partial charge in [0.05, 0.1) is 4.90 Å². The van der Waals surface area contributed by atoms with Crippen LogP contribution in [-0.4, -0.2) is 62.3 Å². The van der Waals surface area contributed by atoms with E-state index in [4.69, 9.17) is 0 Å². The molecule has 7 heteroatoms. The molecule has 6 nitrogen and oxygen atoms in total. The predicted molar refractivity (Wildman–Crippen MR) is 101 cm³/mol. The highest BCUT2D eigenvalue weighted by atomic mass is 32.2. The molecule has 0 unspecified atom stereocenters. The standard InChI is InChI=1S/C19H29N3O3S/c1-16-15-20-11-14-22(16)19(23)10-7-17-5-8-18(9-6-17)26(24,25)21-12-3-2-4-13-21/h5-6,8-9,16,20H,2-4,7,10-15H2,1H3/t16-/m0/s1. The van der Waals surface area contributed by atoms with Gasteiger partial charge < -0.3 is 10.2 Å². The lowest BCUT2D eigenvalue weighted by Gasteiger charge is -2.34. The smallest absolute Gasteiger partial charge is 0.243 e. The molecule has 26 heavy (non-hydrogen) atoms. The van der Waals surface area contributed by atoms with Gasteiger partial charge in [-0.1, -0.05) is 18.6 Å². The number of piperazine rings is 1. The molecule has 3 rings (SSSR count). The van der Waals surface area contributed by atoms with E-state index in [0.29, 0.717) is 30.8 Å². The van der Waals surface area contributed by atoms with Crippen LogP contribution in [-0.2, 0) is 21.2 Å². The van der Waals surface area contributed by atoms with Gasteiger partial charge in [-0.3, -0.25) is 4.79 Å². The second-order valence-corrected chi connectivity index (χ2v) is 9.19. The first-order valence-corrected chi connectivity index (χ1v) is 11.0. The summed E-state index contributed by atoms with van der Waals surface area (Å²) in [5.41, 5.74) is 0.999. The largest absolute Gasteiger partial charge is 0.337 e. The van der Waals surface area contributed by atoms with E-state index in [-0.39, 0.29) is 11.9 Å². The van der Waals surface area contributed by atoms with Gasteiger partial charge in [-0.25, -0.2) is 8.42 Å². The molecular formula is C19H29N3O3S. The summed E-state index contributed by atoms with van der Waals surface area (Å²) < 4.78 is 26.9. The van der Waals surface area contributed by atoms with Gasteiger partial charge >= 0.3 is 0 Å². The zero-order chi connectivity index (χ0) is 18.6. The maximum absolute atomic E-state index is 12.7. The van der Waals surface area contributed by atoms with Crippen molar-refractivity contribution in [2.24, 2.45) is 0 Å². The molecule has 0 bridgehead atoms. The third kappa shape index (κ3) is 4.45. The lowest BCUT2D eigenvalue weighted by Crippen LogP contribution is -2.52. The number of piperidine rings is 1. The van der Waals surface area contributed by atoms with E-state index in [9.17, 15) is 13.2 Å². The number of aryl methyl sites for hydroxylation is 1. The number of rotatable bonds is 5. The molecular weight excluding hydrogens is 350 g/mol. The molecule has 2 fully saturated rings. The molecule has 1 aromatic carbocycles. The minimum Gasteiger partial charge on any atom is -0.337 e. The van der Waals surface area contributed by atoms with Crippen LogP contribution in [0.3, 0.4) is 0 Å². The molecule has 0 aliphatic carbocycles. The Morgan fingerprint density at radius 3 is 2.46 bits per heavy atom. The van der Waals surface area contributed by atoms with Crippen molar-refractivity contribution in [1.82, 2.24) is 14.5 Å². The quantitative estimate of drug-likeness (QED) is 0.844. The Hall–Kier alpha value is -1.44. The van der Waals surface area contributed by atoms with Gasteiger partial charge in [0.2, 0.25) is 15.9 Å². The molecule has 0 spiro atoms. The minimum absolute atomic E-state index is 0.170. The molecule has 1 atom stereocenters. The highest BCUT2D eigenvalue weighted by Gasteiger charge is 2.26. The number of hydrogen-bond donors (Lipinski definition) is 1. The highest BCUT2D eigenvalue weighted by Crippen LogP contribution is 2.21. The molecule has 1 aromatic rings. The summed E-state index contributed by atoms with van der Waals surface area (Å²) in [6.07, 6.45) is 4.07. The average Bonchev–Trinajstić information content (AvgIpc) is 2.67. The summed E-state index contributed by atoms with van der Waals surface area (Å²) >= 11 is 0. The van der Waals surface area contributed by atoms with Gasteiger partial charge in [0.25, 0.3) is 0 Å². The predicted octanol–water partition coefficient (Wildman–Crippen LogP) is 1.61. The van der Waals surface area contributed by atoms with E-state index in [2.05, 4.69) is 12.2 Å². The van der Waals surface area contributed by atoms with Crippen LogP contribution >= 0.6 is 0 Å². The SMILES string of the molecule is C[C@H]1CNCCN1C(=O)CCc1ccc(S(=O)(=O)N2CCCCC2)cc1. The van der Waals surface area contributed by atoms with E-state index in [1.165, 1.54) is 0 Å². The first-order valence-electron chi connectivity index (χ1n) is 9.58. The van der Waals surface area contributed by atoms with Crippen molar-refractivity contribution in [2.75, 3.05) is 32.7 Å². The maximum atomic E-state index is 12.7. The van der Waals surface area contributed by atoms with Crippen molar-refractivity contribution in [3.8, 4) is 0 Å². The number of carbonyl (C=O) groups excluding carboxylic acids is 1.